The van der Waals surface area contributed by atoms with Crippen LogP contribution in [-0.4, -0.2) is 34.9 Å². The van der Waals surface area contributed by atoms with E-state index in [1.54, 1.807) is 6.20 Å². The van der Waals surface area contributed by atoms with Gasteiger partial charge in [0.1, 0.15) is 5.52 Å². The third-order valence-corrected chi connectivity index (χ3v) is 5.43. The standard InChI is InChI=1S/C22H21N7/c1-14-17(11-25-28-14)19-12-24-21-20(27-19)18(10-23-21)15-9-26-29(13-15)22(2,3)16-7-5-4-6-8-16/h4-13H,1-3H3,(H,23,24)(H,25,28). The van der Waals surface area contributed by atoms with Gasteiger partial charge in [-0.1, -0.05) is 30.3 Å². The van der Waals surface area contributed by atoms with Gasteiger partial charge >= 0.3 is 0 Å². The average Bonchev–Trinajstić information content (AvgIpc) is 3.47. The minimum absolute atomic E-state index is 0.267. The number of fused-ring (bicyclic) bond motifs is 1. The van der Waals surface area contributed by atoms with Gasteiger partial charge in [-0.2, -0.15) is 10.2 Å². The van der Waals surface area contributed by atoms with Crippen LogP contribution in [0, 0.1) is 6.92 Å². The number of hydrogen-bond donors (Lipinski definition) is 2. The van der Waals surface area contributed by atoms with E-state index in [1.807, 2.05) is 36.3 Å². The summed E-state index contributed by atoms with van der Waals surface area (Å²) in [6.07, 6.45) is 9.49. The van der Waals surface area contributed by atoms with Crippen LogP contribution in [-0.2, 0) is 5.54 Å². The van der Waals surface area contributed by atoms with Gasteiger partial charge in [0.15, 0.2) is 5.65 Å². The Hall–Kier alpha value is -3.74. The van der Waals surface area contributed by atoms with Gasteiger partial charge in [-0.05, 0) is 26.3 Å². The van der Waals surface area contributed by atoms with Crippen molar-refractivity contribution in [1.29, 1.82) is 0 Å². The van der Waals surface area contributed by atoms with Gasteiger partial charge in [0.25, 0.3) is 0 Å². The molecule has 0 saturated heterocycles. The van der Waals surface area contributed by atoms with Crippen LogP contribution in [0.2, 0.25) is 0 Å². The highest BCUT2D eigenvalue weighted by Crippen LogP contribution is 2.31. The Morgan fingerprint density at radius 2 is 1.83 bits per heavy atom. The van der Waals surface area contributed by atoms with Gasteiger partial charge < -0.3 is 4.98 Å². The highest BCUT2D eigenvalue weighted by atomic mass is 15.3. The number of aromatic amines is 2. The lowest BCUT2D eigenvalue weighted by atomic mass is 9.95. The number of hydrogen-bond acceptors (Lipinski definition) is 4. The van der Waals surface area contributed by atoms with Crippen LogP contribution in [0.1, 0.15) is 25.1 Å². The molecule has 4 heterocycles. The third-order valence-electron chi connectivity index (χ3n) is 5.43. The molecule has 2 N–H and O–H groups in total. The molecule has 0 radical (unpaired) electrons. The number of nitrogens with zero attached hydrogens (tertiary/aromatic N) is 5. The Bertz CT molecular complexity index is 1290. The van der Waals surface area contributed by atoms with Crippen molar-refractivity contribution in [3.8, 4) is 22.4 Å². The third kappa shape index (κ3) is 2.82. The summed E-state index contributed by atoms with van der Waals surface area (Å²) in [6.45, 7) is 6.27. The highest BCUT2D eigenvalue weighted by molar-refractivity contribution is 5.91. The second kappa shape index (κ2) is 6.41. The molecule has 7 heteroatoms. The minimum Gasteiger partial charge on any atom is -0.344 e. The Morgan fingerprint density at radius 3 is 2.59 bits per heavy atom. The number of benzene rings is 1. The van der Waals surface area contributed by atoms with Crippen LogP contribution >= 0.6 is 0 Å². The maximum Gasteiger partial charge on any atom is 0.156 e. The monoisotopic (exact) mass is 383 g/mol. The molecule has 0 unspecified atom stereocenters. The van der Waals surface area contributed by atoms with Crippen molar-refractivity contribution < 1.29 is 0 Å². The van der Waals surface area contributed by atoms with E-state index in [-0.39, 0.29) is 5.54 Å². The Labute approximate surface area is 167 Å². The van der Waals surface area contributed by atoms with Gasteiger partial charge in [0.2, 0.25) is 0 Å². The predicted molar refractivity (Wildman–Crippen MR) is 112 cm³/mol. The topological polar surface area (TPSA) is 88.1 Å². The fraction of sp³-hybridized carbons (Fsp3) is 0.182. The molecule has 0 aliphatic rings. The molecule has 0 spiro atoms. The van der Waals surface area contributed by atoms with Crippen molar-refractivity contribution in [2.24, 2.45) is 0 Å². The van der Waals surface area contributed by atoms with E-state index in [4.69, 9.17) is 4.98 Å². The Kier molecular flexibility index (Phi) is 3.84. The molecule has 0 amide bonds. The van der Waals surface area contributed by atoms with Crippen molar-refractivity contribution in [2.45, 2.75) is 26.3 Å². The van der Waals surface area contributed by atoms with E-state index in [2.05, 4.69) is 69.6 Å². The Balaban J connectivity index is 1.58. The zero-order valence-electron chi connectivity index (χ0n) is 16.5. The zero-order chi connectivity index (χ0) is 20.0. The predicted octanol–water partition coefficient (Wildman–Crippen LogP) is 4.30. The first-order valence-corrected chi connectivity index (χ1v) is 9.50. The molecule has 7 nitrogen and oxygen atoms in total. The summed E-state index contributed by atoms with van der Waals surface area (Å²) in [5.41, 5.74) is 7.12. The van der Waals surface area contributed by atoms with E-state index >= 15 is 0 Å². The summed E-state index contributed by atoms with van der Waals surface area (Å²) in [6, 6.07) is 10.4. The number of aromatic nitrogens is 7. The molecule has 5 rings (SSSR count). The molecule has 0 saturated carbocycles. The molecule has 0 fully saturated rings. The van der Waals surface area contributed by atoms with Crippen LogP contribution < -0.4 is 0 Å². The van der Waals surface area contributed by atoms with Crippen LogP contribution in [0.3, 0.4) is 0 Å². The first kappa shape index (κ1) is 17.4. The minimum atomic E-state index is -0.267. The van der Waals surface area contributed by atoms with Crippen LogP contribution in [0.4, 0.5) is 0 Å². The quantitative estimate of drug-likeness (QED) is 0.484. The molecule has 0 atom stereocenters. The van der Waals surface area contributed by atoms with E-state index < -0.39 is 0 Å². The van der Waals surface area contributed by atoms with E-state index in [0.29, 0.717) is 0 Å². The number of aryl methyl sites for hydroxylation is 1. The number of rotatable bonds is 4. The summed E-state index contributed by atoms with van der Waals surface area (Å²) >= 11 is 0. The number of H-pyrrole nitrogens is 2. The molecule has 29 heavy (non-hydrogen) atoms. The second-order valence-corrected chi connectivity index (χ2v) is 7.64. The fourth-order valence-electron chi connectivity index (χ4n) is 3.60. The summed E-state index contributed by atoms with van der Waals surface area (Å²) in [4.78, 5) is 12.6. The molecule has 144 valence electrons. The van der Waals surface area contributed by atoms with Gasteiger partial charge in [-0.15, -0.1) is 0 Å². The maximum atomic E-state index is 4.85. The number of nitrogens with one attached hydrogen (secondary N) is 2. The molecule has 0 aliphatic heterocycles. The molecule has 5 aromatic rings. The first-order valence-electron chi connectivity index (χ1n) is 9.50. The van der Waals surface area contributed by atoms with Crippen molar-refractivity contribution in [3.63, 3.8) is 0 Å². The summed E-state index contributed by atoms with van der Waals surface area (Å²) in [5.74, 6) is 0. The van der Waals surface area contributed by atoms with E-state index in [0.717, 1.165) is 39.2 Å². The first-order chi connectivity index (χ1) is 14.0. The maximum absolute atomic E-state index is 4.85. The summed E-state index contributed by atoms with van der Waals surface area (Å²) in [7, 11) is 0. The van der Waals surface area contributed by atoms with Gasteiger partial charge in [0, 0.05) is 35.3 Å². The van der Waals surface area contributed by atoms with Crippen LogP contribution in [0.5, 0.6) is 0 Å². The molecular formula is C22H21N7. The van der Waals surface area contributed by atoms with E-state index in [9.17, 15) is 0 Å². The van der Waals surface area contributed by atoms with Crippen molar-refractivity contribution >= 4 is 11.2 Å². The second-order valence-electron chi connectivity index (χ2n) is 7.64. The van der Waals surface area contributed by atoms with E-state index in [1.165, 1.54) is 5.56 Å². The van der Waals surface area contributed by atoms with Gasteiger partial charge in [-0.25, -0.2) is 9.97 Å². The SMILES string of the molecule is Cc1n[nH]cc1-c1cnc2[nH]cc(-c3cnn(C(C)(C)c4ccccc4)c3)c2n1. The summed E-state index contributed by atoms with van der Waals surface area (Å²) in [5, 5.41) is 11.7. The van der Waals surface area contributed by atoms with Gasteiger partial charge in [0.05, 0.1) is 29.3 Å². The van der Waals surface area contributed by atoms with Crippen molar-refractivity contribution in [3.05, 3.63) is 72.6 Å². The van der Waals surface area contributed by atoms with Crippen LogP contribution in [0.25, 0.3) is 33.5 Å². The smallest absolute Gasteiger partial charge is 0.156 e. The molecule has 1 aromatic carbocycles. The molecule has 0 aliphatic carbocycles. The van der Waals surface area contributed by atoms with Gasteiger partial charge in [-0.3, -0.25) is 9.78 Å². The largest absolute Gasteiger partial charge is 0.344 e. The lowest BCUT2D eigenvalue weighted by Gasteiger charge is -2.26. The molecule has 4 aromatic heterocycles. The highest BCUT2D eigenvalue weighted by Gasteiger charge is 2.24. The normalized spacial score (nSPS) is 12.0. The lowest BCUT2D eigenvalue weighted by Crippen LogP contribution is -2.27. The van der Waals surface area contributed by atoms with Crippen LogP contribution in [0.15, 0.2) is 61.3 Å². The fourth-order valence-corrected chi connectivity index (χ4v) is 3.60. The lowest BCUT2D eigenvalue weighted by molar-refractivity contribution is 0.391. The summed E-state index contributed by atoms with van der Waals surface area (Å²) < 4.78 is 1.99. The molecular weight excluding hydrogens is 362 g/mol. The molecule has 0 bridgehead atoms. The van der Waals surface area contributed by atoms with Crippen molar-refractivity contribution in [2.75, 3.05) is 0 Å². The average molecular weight is 383 g/mol. The Morgan fingerprint density at radius 1 is 1.00 bits per heavy atom. The zero-order valence-corrected chi connectivity index (χ0v) is 16.5. The van der Waals surface area contributed by atoms with Crippen molar-refractivity contribution in [1.82, 2.24) is 34.9 Å².